The second kappa shape index (κ2) is 10.8. The van der Waals surface area contributed by atoms with Crippen molar-refractivity contribution in [1.29, 1.82) is 0 Å². The Balaban J connectivity index is 1.71. The van der Waals surface area contributed by atoms with Gasteiger partial charge in [-0.2, -0.15) is 0 Å². The fraction of sp³-hybridized carbons (Fsp3) is 0.179. The molecule has 0 spiro atoms. The molecule has 8 nitrogen and oxygen atoms in total. The van der Waals surface area contributed by atoms with Crippen molar-refractivity contribution in [1.82, 2.24) is 0 Å². The molecule has 0 saturated carbocycles. The number of ether oxygens (including phenoxy) is 4. The molecule has 184 valence electrons. The fourth-order valence-corrected chi connectivity index (χ4v) is 3.72. The molecule has 4 aromatic rings. The summed E-state index contributed by atoms with van der Waals surface area (Å²) in [6.07, 6.45) is 0. The number of methoxy groups -OCH3 is 2. The molecule has 0 N–H and O–H groups in total. The molecule has 1 heterocycles. The number of fused-ring (bicyclic) bond motifs is 1. The van der Waals surface area contributed by atoms with Crippen molar-refractivity contribution < 1.29 is 33.0 Å². The number of rotatable bonds is 8. The lowest BCUT2D eigenvalue weighted by atomic mass is 10.0. The van der Waals surface area contributed by atoms with E-state index in [0.29, 0.717) is 22.6 Å². The average molecular weight is 488 g/mol. The van der Waals surface area contributed by atoms with E-state index in [2.05, 4.69) is 0 Å². The van der Waals surface area contributed by atoms with Gasteiger partial charge in [0.25, 0.3) is 0 Å². The second-order valence-corrected chi connectivity index (χ2v) is 7.69. The zero-order valence-corrected chi connectivity index (χ0v) is 20.0. The van der Waals surface area contributed by atoms with Crippen molar-refractivity contribution in [3.05, 3.63) is 93.8 Å². The highest BCUT2D eigenvalue weighted by Gasteiger charge is 2.25. The van der Waals surface area contributed by atoms with Crippen LogP contribution < -0.4 is 14.9 Å². The molecule has 0 aliphatic rings. The zero-order chi connectivity index (χ0) is 25.7. The third kappa shape index (κ3) is 4.93. The van der Waals surface area contributed by atoms with Gasteiger partial charge >= 0.3 is 11.9 Å². The van der Waals surface area contributed by atoms with Crippen LogP contribution in [0.15, 0.2) is 75.9 Å². The maximum absolute atomic E-state index is 13.5. The lowest BCUT2D eigenvalue weighted by molar-refractivity contribution is 0.0491. The van der Waals surface area contributed by atoms with E-state index in [1.165, 1.54) is 14.2 Å². The summed E-state index contributed by atoms with van der Waals surface area (Å²) in [5.74, 6) is -0.531. The number of hydrogen-bond donors (Lipinski definition) is 0. The van der Waals surface area contributed by atoms with Crippen molar-refractivity contribution in [2.45, 2.75) is 13.5 Å². The van der Waals surface area contributed by atoms with Gasteiger partial charge in [-0.05, 0) is 42.8 Å². The maximum atomic E-state index is 13.5. The van der Waals surface area contributed by atoms with Gasteiger partial charge in [0.15, 0.2) is 0 Å². The topological polar surface area (TPSA) is 101 Å². The summed E-state index contributed by atoms with van der Waals surface area (Å²) in [5.41, 5.74) is 1.54. The van der Waals surface area contributed by atoms with Crippen LogP contribution in [0, 0.1) is 0 Å². The van der Waals surface area contributed by atoms with Crippen LogP contribution in [0.25, 0.3) is 22.1 Å². The van der Waals surface area contributed by atoms with E-state index in [1.54, 1.807) is 73.7 Å². The van der Waals surface area contributed by atoms with E-state index < -0.39 is 17.4 Å². The predicted octanol–water partition coefficient (Wildman–Crippen LogP) is 5.01. The van der Waals surface area contributed by atoms with Gasteiger partial charge in [0.05, 0.1) is 37.3 Å². The Morgan fingerprint density at radius 2 is 1.67 bits per heavy atom. The quantitative estimate of drug-likeness (QED) is 0.319. The van der Waals surface area contributed by atoms with E-state index in [9.17, 15) is 14.4 Å². The molecule has 0 atom stereocenters. The molecule has 0 bridgehead atoms. The third-order valence-electron chi connectivity index (χ3n) is 5.48. The Labute approximate surface area is 207 Å². The van der Waals surface area contributed by atoms with E-state index in [4.69, 9.17) is 23.4 Å². The number of carbonyl (C=O) groups is 2. The summed E-state index contributed by atoms with van der Waals surface area (Å²) in [6.45, 7) is 1.99. The number of hydrogen-bond acceptors (Lipinski definition) is 8. The minimum Gasteiger partial charge on any atom is -0.496 e. The van der Waals surface area contributed by atoms with Gasteiger partial charge in [0.2, 0.25) is 11.2 Å². The van der Waals surface area contributed by atoms with Crippen LogP contribution in [-0.2, 0) is 16.1 Å². The summed E-state index contributed by atoms with van der Waals surface area (Å²) in [4.78, 5) is 37.9. The van der Waals surface area contributed by atoms with Crippen molar-refractivity contribution in [2.24, 2.45) is 0 Å². The molecule has 36 heavy (non-hydrogen) atoms. The monoisotopic (exact) mass is 488 g/mol. The van der Waals surface area contributed by atoms with Gasteiger partial charge < -0.3 is 23.4 Å². The van der Waals surface area contributed by atoms with E-state index in [0.717, 1.165) is 5.56 Å². The molecule has 0 unspecified atom stereocenters. The first-order valence-corrected chi connectivity index (χ1v) is 11.2. The molecule has 1 aromatic heterocycles. The first kappa shape index (κ1) is 24.5. The Kier molecular flexibility index (Phi) is 7.34. The Hall–Kier alpha value is -4.59. The Bertz CT molecular complexity index is 1470. The molecule has 0 saturated heterocycles. The fourth-order valence-electron chi connectivity index (χ4n) is 3.72. The van der Waals surface area contributed by atoms with Gasteiger partial charge in [-0.15, -0.1) is 0 Å². The molecule has 0 amide bonds. The maximum Gasteiger partial charge on any atom is 0.375 e. The lowest BCUT2D eigenvalue weighted by Crippen LogP contribution is -2.15. The lowest BCUT2D eigenvalue weighted by Gasteiger charge is -2.13. The highest BCUT2D eigenvalue weighted by molar-refractivity contribution is 5.98. The number of esters is 2. The highest BCUT2D eigenvalue weighted by atomic mass is 16.5. The molecule has 4 rings (SSSR count). The van der Waals surface area contributed by atoms with Gasteiger partial charge in [0.1, 0.15) is 23.7 Å². The first-order valence-electron chi connectivity index (χ1n) is 11.2. The Morgan fingerprint density at radius 3 is 2.36 bits per heavy atom. The highest BCUT2D eigenvalue weighted by Crippen LogP contribution is 2.33. The molecule has 0 fully saturated rings. The van der Waals surface area contributed by atoms with Crippen molar-refractivity contribution in [3.8, 4) is 22.6 Å². The minimum atomic E-state index is -0.755. The second-order valence-electron chi connectivity index (χ2n) is 7.69. The van der Waals surface area contributed by atoms with Crippen LogP contribution in [0.4, 0.5) is 0 Å². The molecule has 8 heteroatoms. The smallest absolute Gasteiger partial charge is 0.375 e. The molecule has 0 aliphatic carbocycles. The molecular formula is C28H24O8. The van der Waals surface area contributed by atoms with E-state index in [1.807, 2.05) is 0 Å². The van der Waals surface area contributed by atoms with Crippen LogP contribution in [-0.4, -0.2) is 32.8 Å². The molecule has 3 aromatic carbocycles. The SMILES string of the molecule is CCOC(=O)c1oc2cc(OCc3ccc(C(=O)OC)cc3)ccc2c(=O)c1-c1ccccc1OC. The third-order valence-corrected chi connectivity index (χ3v) is 5.48. The van der Waals surface area contributed by atoms with Gasteiger partial charge in [0, 0.05) is 11.6 Å². The summed E-state index contributed by atoms with van der Waals surface area (Å²) >= 11 is 0. The van der Waals surface area contributed by atoms with Gasteiger partial charge in [-0.3, -0.25) is 4.79 Å². The van der Waals surface area contributed by atoms with Crippen LogP contribution >= 0.6 is 0 Å². The van der Waals surface area contributed by atoms with Crippen molar-refractivity contribution in [2.75, 3.05) is 20.8 Å². The number of para-hydroxylation sites is 1. The predicted molar refractivity (Wildman–Crippen MR) is 133 cm³/mol. The van der Waals surface area contributed by atoms with E-state index in [-0.39, 0.29) is 35.5 Å². The zero-order valence-electron chi connectivity index (χ0n) is 20.0. The number of carbonyl (C=O) groups excluding carboxylic acids is 2. The summed E-state index contributed by atoms with van der Waals surface area (Å²) in [6, 6.07) is 18.5. The van der Waals surface area contributed by atoms with Crippen LogP contribution in [0.5, 0.6) is 11.5 Å². The number of benzene rings is 3. The molecule has 0 aliphatic heterocycles. The van der Waals surface area contributed by atoms with Crippen LogP contribution in [0.1, 0.15) is 33.4 Å². The largest absolute Gasteiger partial charge is 0.496 e. The molecule has 0 radical (unpaired) electrons. The summed E-state index contributed by atoms with van der Waals surface area (Å²) in [7, 11) is 2.81. The average Bonchev–Trinajstić information content (AvgIpc) is 2.91. The molecular weight excluding hydrogens is 464 g/mol. The normalized spacial score (nSPS) is 10.6. The van der Waals surface area contributed by atoms with E-state index >= 15 is 0 Å². The van der Waals surface area contributed by atoms with Crippen molar-refractivity contribution >= 4 is 22.9 Å². The van der Waals surface area contributed by atoms with Gasteiger partial charge in [-0.1, -0.05) is 30.3 Å². The van der Waals surface area contributed by atoms with Crippen molar-refractivity contribution in [3.63, 3.8) is 0 Å². The first-order chi connectivity index (χ1) is 17.5. The van der Waals surface area contributed by atoms with Crippen LogP contribution in [0.3, 0.4) is 0 Å². The van der Waals surface area contributed by atoms with Gasteiger partial charge in [-0.25, -0.2) is 9.59 Å². The minimum absolute atomic E-state index is 0.0674. The summed E-state index contributed by atoms with van der Waals surface area (Å²) in [5, 5.41) is 0.277. The standard InChI is InChI=1S/C28H24O8/c1-4-34-28(31)26-24(20-7-5-6-8-22(20)32-2)25(29)21-14-13-19(15-23(21)36-26)35-16-17-9-11-18(12-10-17)27(30)33-3/h5-15H,4,16H2,1-3H3. The summed E-state index contributed by atoms with van der Waals surface area (Å²) < 4.78 is 27.0. The van der Waals surface area contributed by atoms with Crippen LogP contribution in [0.2, 0.25) is 0 Å². The Morgan fingerprint density at radius 1 is 0.917 bits per heavy atom.